The van der Waals surface area contributed by atoms with Gasteiger partial charge < -0.3 is 10.8 Å². The first-order valence-corrected chi connectivity index (χ1v) is 2.82. The van der Waals surface area contributed by atoms with E-state index in [1.54, 1.807) is 0 Å². The third-order valence-corrected chi connectivity index (χ3v) is 0.976. The van der Waals surface area contributed by atoms with Crippen LogP contribution in [0, 0.1) is 0 Å². The van der Waals surface area contributed by atoms with Crippen molar-refractivity contribution in [2.24, 2.45) is 5.73 Å². The molecule has 0 saturated heterocycles. The number of aliphatic hydroxyl groups is 1. The Morgan fingerprint density at radius 3 is 2.75 bits per heavy atom. The largest absolute Gasteiger partial charge is 0.389 e. The average Bonchev–Trinajstić information content (AvgIpc) is 1.83. The highest BCUT2D eigenvalue weighted by Gasteiger charge is 1.93. The molecule has 1 unspecified atom stereocenters. The highest BCUT2D eigenvalue weighted by Crippen LogP contribution is 1.94. The number of aliphatic hydroxyl groups excluding tert-OH is 1. The standard InChI is InChI=1S/C6H13NO/c1-2-6(8)4-3-5-7/h2,6,8H,1,3-5,7H2. The molecule has 0 bridgehead atoms. The Morgan fingerprint density at radius 1 is 1.75 bits per heavy atom. The molecule has 0 aromatic heterocycles. The van der Waals surface area contributed by atoms with E-state index in [4.69, 9.17) is 10.8 Å². The van der Waals surface area contributed by atoms with Gasteiger partial charge in [-0.25, -0.2) is 0 Å². The zero-order valence-corrected chi connectivity index (χ0v) is 5.01. The first-order chi connectivity index (χ1) is 3.81. The lowest BCUT2D eigenvalue weighted by atomic mass is 10.2. The zero-order valence-electron chi connectivity index (χ0n) is 5.01. The second kappa shape index (κ2) is 4.81. The van der Waals surface area contributed by atoms with Crippen molar-refractivity contribution < 1.29 is 5.11 Å². The van der Waals surface area contributed by atoms with Gasteiger partial charge in [-0.05, 0) is 19.4 Å². The lowest BCUT2D eigenvalue weighted by Gasteiger charge is -2.00. The maximum atomic E-state index is 8.82. The minimum atomic E-state index is -0.362. The van der Waals surface area contributed by atoms with Crippen LogP contribution in [0.5, 0.6) is 0 Å². The van der Waals surface area contributed by atoms with Crippen LogP contribution in [0.1, 0.15) is 12.8 Å². The minimum Gasteiger partial charge on any atom is -0.389 e. The van der Waals surface area contributed by atoms with Gasteiger partial charge in [0.25, 0.3) is 0 Å². The molecule has 0 saturated carbocycles. The zero-order chi connectivity index (χ0) is 6.41. The molecule has 48 valence electrons. The van der Waals surface area contributed by atoms with Crippen molar-refractivity contribution in [2.75, 3.05) is 6.54 Å². The van der Waals surface area contributed by atoms with Crippen molar-refractivity contribution in [3.05, 3.63) is 12.7 Å². The highest BCUT2D eigenvalue weighted by molar-refractivity contribution is 4.77. The predicted molar refractivity (Wildman–Crippen MR) is 34.5 cm³/mol. The summed E-state index contributed by atoms with van der Waals surface area (Å²) >= 11 is 0. The van der Waals surface area contributed by atoms with Gasteiger partial charge in [-0.2, -0.15) is 0 Å². The quantitative estimate of drug-likeness (QED) is 0.517. The van der Waals surface area contributed by atoms with Crippen molar-refractivity contribution >= 4 is 0 Å². The van der Waals surface area contributed by atoms with Crippen LogP contribution in [0.15, 0.2) is 12.7 Å². The van der Waals surface area contributed by atoms with E-state index in [9.17, 15) is 0 Å². The third kappa shape index (κ3) is 3.84. The van der Waals surface area contributed by atoms with E-state index in [0.29, 0.717) is 6.54 Å². The summed E-state index contributed by atoms with van der Waals surface area (Å²) in [6, 6.07) is 0. The summed E-state index contributed by atoms with van der Waals surface area (Å²) in [5.41, 5.74) is 5.19. The Labute approximate surface area is 50.0 Å². The molecule has 0 heterocycles. The van der Waals surface area contributed by atoms with Gasteiger partial charge in [-0.3, -0.25) is 0 Å². The number of hydrogen-bond donors (Lipinski definition) is 2. The molecule has 0 rings (SSSR count). The first-order valence-electron chi connectivity index (χ1n) is 2.82. The molecule has 2 heteroatoms. The summed E-state index contributed by atoms with van der Waals surface area (Å²) in [6.07, 6.45) is 2.77. The molecule has 0 aromatic rings. The molecule has 0 aliphatic rings. The smallest absolute Gasteiger partial charge is 0.0718 e. The van der Waals surface area contributed by atoms with E-state index >= 15 is 0 Å². The fraction of sp³-hybridized carbons (Fsp3) is 0.667. The highest BCUT2D eigenvalue weighted by atomic mass is 16.3. The maximum absolute atomic E-state index is 8.82. The molecule has 0 amide bonds. The van der Waals surface area contributed by atoms with Crippen LogP contribution in [0.4, 0.5) is 0 Å². The summed E-state index contributed by atoms with van der Waals surface area (Å²) in [5.74, 6) is 0. The van der Waals surface area contributed by atoms with Gasteiger partial charge in [-0.15, -0.1) is 6.58 Å². The monoisotopic (exact) mass is 115 g/mol. The van der Waals surface area contributed by atoms with Crippen LogP contribution in [0.2, 0.25) is 0 Å². The van der Waals surface area contributed by atoms with Crippen molar-refractivity contribution in [1.29, 1.82) is 0 Å². The molecule has 3 N–H and O–H groups in total. The van der Waals surface area contributed by atoms with E-state index in [1.165, 1.54) is 6.08 Å². The average molecular weight is 115 g/mol. The Kier molecular flexibility index (Phi) is 4.61. The van der Waals surface area contributed by atoms with Crippen LogP contribution >= 0.6 is 0 Å². The molecule has 0 fully saturated rings. The summed E-state index contributed by atoms with van der Waals surface area (Å²) in [7, 11) is 0. The topological polar surface area (TPSA) is 46.2 Å². The minimum absolute atomic E-state index is 0.362. The van der Waals surface area contributed by atoms with E-state index in [0.717, 1.165) is 12.8 Å². The Bertz CT molecular complexity index is 63.5. The molecule has 0 spiro atoms. The lowest BCUT2D eigenvalue weighted by Crippen LogP contribution is -2.06. The van der Waals surface area contributed by atoms with Crippen LogP contribution in [0.25, 0.3) is 0 Å². The molecule has 0 aliphatic carbocycles. The second-order valence-electron chi connectivity index (χ2n) is 1.73. The van der Waals surface area contributed by atoms with E-state index in [2.05, 4.69) is 6.58 Å². The summed E-state index contributed by atoms with van der Waals surface area (Å²) in [6.45, 7) is 4.07. The molecule has 0 radical (unpaired) electrons. The second-order valence-corrected chi connectivity index (χ2v) is 1.73. The van der Waals surface area contributed by atoms with Gasteiger partial charge in [-0.1, -0.05) is 6.08 Å². The number of rotatable bonds is 4. The molecule has 0 aliphatic heterocycles. The lowest BCUT2D eigenvalue weighted by molar-refractivity contribution is 0.211. The summed E-state index contributed by atoms with van der Waals surface area (Å²) in [5, 5.41) is 8.82. The van der Waals surface area contributed by atoms with E-state index in [-0.39, 0.29) is 6.10 Å². The molecule has 2 nitrogen and oxygen atoms in total. The van der Waals surface area contributed by atoms with Gasteiger partial charge in [0.05, 0.1) is 6.10 Å². The van der Waals surface area contributed by atoms with Gasteiger partial charge in [0.2, 0.25) is 0 Å². The van der Waals surface area contributed by atoms with Crippen LogP contribution in [0.3, 0.4) is 0 Å². The Hall–Kier alpha value is -0.340. The molecule has 8 heavy (non-hydrogen) atoms. The van der Waals surface area contributed by atoms with E-state index in [1.807, 2.05) is 0 Å². The first kappa shape index (κ1) is 7.66. The predicted octanol–water partition coefficient (Wildman–Crippen LogP) is 0.272. The van der Waals surface area contributed by atoms with Crippen molar-refractivity contribution in [2.45, 2.75) is 18.9 Å². The molecule has 0 aromatic carbocycles. The number of nitrogens with two attached hydrogens (primary N) is 1. The summed E-state index contributed by atoms with van der Waals surface area (Å²) in [4.78, 5) is 0. The SMILES string of the molecule is C=CC(O)CCCN. The molecule has 1 atom stereocenters. The maximum Gasteiger partial charge on any atom is 0.0718 e. The van der Waals surface area contributed by atoms with Gasteiger partial charge in [0, 0.05) is 0 Å². The normalized spacial score (nSPS) is 13.2. The fourth-order valence-corrected chi connectivity index (χ4v) is 0.445. The van der Waals surface area contributed by atoms with Gasteiger partial charge >= 0.3 is 0 Å². The fourth-order valence-electron chi connectivity index (χ4n) is 0.445. The van der Waals surface area contributed by atoms with E-state index < -0.39 is 0 Å². The summed E-state index contributed by atoms with van der Waals surface area (Å²) < 4.78 is 0. The third-order valence-electron chi connectivity index (χ3n) is 0.976. The molecular formula is C6H13NO. The van der Waals surface area contributed by atoms with Crippen molar-refractivity contribution in [3.8, 4) is 0 Å². The van der Waals surface area contributed by atoms with Crippen molar-refractivity contribution in [1.82, 2.24) is 0 Å². The van der Waals surface area contributed by atoms with Gasteiger partial charge in [0.15, 0.2) is 0 Å². The van der Waals surface area contributed by atoms with Crippen LogP contribution in [-0.2, 0) is 0 Å². The molecular weight excluding hydrogens is 102 g/mol. The number of hydrogen-bond acceptors (Lipinski definition) is 2. The Morgan fingerprint density at radius 2 is 2.38 bits per heavy atom. The Balaban J connectivity index is 2.98. The van der Waals surface area contributed by atoms with Crippen molar-refractivity contribution in [3.63, 3.8) is 0 Å². The van der Waals surface area contributed by atoms with Crippen LogP contribution < -0.4 is 5.73 Å². The van der Waals surface area contributed by atoms with Crippen LogP contribution in [-0.4, -0.2) is 17.8 Å². The van der Waals surface area contributed by atoms with Gasteiger partial charge in [0.1, 0.15) is 0 Å².